The van der Waals surface area contributed by atoms with Crippen molar-refractivity contribution < 1.29 is 4.74 Å². The Morgan fingerprint density at radius 1 is 1.00 bits per heavy atom. The van der Waals surface area contributed by atoms with Gasteiger partial charge >= 0.3 is 0 Å². The van der Waals surface area contributed by atoms with Crippen molar-refractivity contribution in [2.24, 2.45) is 0 Å². The number of ether oxygens (including phenoxy) is 1. The number of benzene rings is 1. The molecule has 0 fully saturated rings. The van der Waals surface area contributed by atoms with Crippen LogP contribution in [0.25, 0.3) is 0 Å². The lowest BCUT2D eigenvalue weighted by Gasteiger charge is -2.31. The molecule has 0 heterocycles. The number of aryl methyl sites for hydroxylation is 1. The predicted molar refractivity (Wildman–Crippen MR) is 79.7 cm³/mol. The van der Waals surface area contributed by atoms with E-state index in [-0.39, 0.29) is 10.8 Å². The van der Waals surface area contributed by atoms with Crippen molar-refractivity contribution >= 4 is 0 Å². The van der Waals surface area contributed by atoms with E-state index in [1.165, 1.54) is 16.7 Å². The highest BCUT2D eigenvalue weighted by Gasteiger charge is 2.28. The molecule has 0 bridgehead atoms. The van der Waals surface area contributed by atoms with E-state index >= 15 is 0 Å². The molecule has 0 unspecified atom stereocenters. The van der Waals surface area contributed by atoms with E-state index in [0.717, 1.165) is 12.2 Å². The van der Waals surface area contributed by atoms with Gasteiger partial charge in [-0.15, -0.1) is 0 Å². The molecule has 1 rings (SSSR count). The van der Waals surface area contributed by atoms with Gasteiger partial charge in [0.15, 0.2) is 0 Å². The summed E-state index contributed by atoms with van der Waals surface area (Å²) in [5.41, 5.74) is 4.21. The van der Waals surface area contributed by atoms with Crippen LogP contribution in [0, 0.1) is 6.92 Å². The first-order chi connectivity index (χ1) is 8.13. The zero-order chi connectivity index (χ0) is 14.1. The lowest BCUT2D eigenvalue weighted by molar-refractivity contribution is 0.374. The Bertz CT molecular complexity index is 422. The smallest absolute Gasteiger partial charge is 0.126 e. The molecule has 18 heavy (non-hydrogen) atoms. The van der Waals surface area contributed by atoms with Crippen LogP contribution in [0.3, 0.4) is 0 Å². The van der Waals surface area contributed by atoms with Gasteiger partial charge in [0.05, 0.1) is 7.11 Å². The van der Waals surface area contributed by atoms with Crippen molar-refractivity contribution in [3.8, 4) is 5.75 Å². The fourth-order valence-electron chi connectivity index (χ4n) is 2.24. The minimum Gasteiger partial charge on any atom is -0.496 e. The van der Waals surface area contributed by atoms with Gasteiger partial charge in [-0.1, -0.05) is 59.2 Å². The number of rotatable bonds is 3. The second kappa shape index (κ2) is 4.95. The van der Waals surface area contributed by atoms with Crippen molar-refractivity contribution in [3.05, 3.63) is 28.8 Å². The van der Waals surface area contributed by atoms with Crippen molar-refractivity contribution in [1.82, 2.24) is 0 Å². The molecule has 0 saturated carbocycles. The first-order valence-corrected chi connectivity index (χ1v) is 6.83. The van der Waals surface area contributed by atoms with Gasteiger partial charge in [-0.2, -0.15) is 0 Å². The lowest BCUT2D eigenvalue weighted by atomic mass is 9.76. The average Bonchev–Trinajstić information content (AvgIpc) is 2.26. The maximum atomic E-state index is 5.75. The van der Waals surface area contributed by atoms with Crippen molar-refractivity contribution in [1.29, 1.82) is 0 Å². The van der Waals surface area contributed by atoms with E-state index in [4.69, 9.17) is 4.74 Å². The topological polar surface area (TPSA) is 9.23 Å². The molecular formula is C17H28O. The van der Waals surface area contributed by atoms with E-state index in [9.17, 15) is 0 Å². The minimum absolute atomic E-state index is 0.107. The molecule has 0 N–H and O–H groups in total. The molecular weight excluding hydrogens is 220 g/mol. The molecule has 0 atom stereocenters. The summed E-state index contributed by atoms with van der Waals surface area (Å²) in [7, 11) is 1.79. The summed E-state index contributed by atoms with van der Waals surface area (Å²) in [6, 6.07) is 4.53. The second-order valence-electron chi connectivity index (χ2n) is 6.88. The van der Waals surface area contributed by atoms with Crippen LogP contribution in [0.4, 0.5) is 0 Å². The molecule has 0 aliphatic rings. The van der Waals surface area contributed by atoms with Gasteiger partial charge in [-0.05, 0) is 24.2 Å². The minimum atomic E-state index is 0.107. The van der Waals surface area contributed by atoms with Crippen molar-refractivity contribution in [3.63, 3.8) is 0 Å². The first-order valence-electron chi connectivity index (χ1n) is 6.83. The largest absolute Gasteiger partial charge is 0.496 e. The van der Waals surface area contributed by atoms with Crippen molar-refractivity contribution in [2.45, 2.75) is 65.7 Å². The van der Waals surface area contributed by atoms with Gasteiger partial charge in [0.1, 0.15) is 5.75 Å². The molecule has 0 aliphatic heterocycles. The highest BCUT2D eigenvalue weighted by atomic mass is 16.5. The summed E-state index contributed by atoms with van der Waals surface area (Å²) in [5.74, 6) is 1.07. The fourth-order valence-corrected chi connectivity index (χ4v) is 2.24. The van der Waals surface area contributed by atoms with Crippen molar-refractivity contribution in [2.75, 3.05) is 7.11 Å². The van der Waals surface area contributed by atoms with Crippen LogP contribution in [0.5, 0.6) is 5.75 Å². The molecule has 1 nitrogen and oxygen atoms in total. The molecule has 0 amide bonds. The van der Waals surface area contributed by atoms with Crippen LogP contribution in [0.1, 0.15) is 64.7 Å². The summed E-state index contributed by atoms with van der Waals surface area (Å²) in [6.45, 7) is 15.7. The Morgan fingerprint density at radius 2 is 1.50 bits per heavy atom. The van der Waals surface area contributed by atoms with E-state index in [1.807, 2.05) is 0 Å². The highest BCUT2D eigenvalue weighted by Crippen LogP contribution is 2.41. The summed E-state index contributed by atoms with van der Waals surface area (Å²) in [5, 5.41) is 0. The molecule has 1 aromatic rings. The van der Waals surface area contributed by atoms with Crippen LogP contribution < -0.4 is 4.74 Å². The molecule has 0 aromatic heterocycles. The van der Waals surface area contributed by atoms with Crippen LogP contribution in [0.2, 0.25) is 0 Å². The third-order valence-electron chi connectivity index (χ3n) is 3.86. The molecule has 0 spiro atoms. The Hall–Kier alpha value is -0.980. The molecule has 0 aliphatic carbocycles. The average molecular weight is 248 g/mol. The number of hydrogen-bond donors (Lipinski definition) is 0. The zero-order valence-corrected chi connectivity index (χ0v) is 13.3. The summed E-state index contributed by atoms with van der Waals surface area (Å²) >= 11 is 0. The van der Waals surface area contributed by atoms with Gasteiger partial charge in [-0.3, -0.25) is 0 Å². The standard InChI is InChI=1S/C17H28O/c1-9-17(6,7)14-11-12(2)10-13(15(14)18-8)16(3,4)5/h10-11H,9H2,1-8H3. The normalized spacial score (nSPS) is 12.7. The van der Waals surface area contributed by atoms with Gasteiger partial charge < -0.3 is 4.74 Å². The molecule has 102 valence electrons. The summed E-state index contributed by atoms with van der Waals surface area (Å²) < 4.78 is 5.75. The molecule has 0 radical (unpaired) electrons. The van der Waals surface area contributed by atoms with Crippen LogP contribution in [-0.4, -0.2) is 7.11 Å². The fraction of sp³-hybridized carbons (Fsp3) is 0.647. The summed E-state index contributed by atoms with van der Waals surface area (Å²) in [6.07, 6.45) is 1.11. The lowest BCUT2D eigenvalue weighted by Crippen LogP contribution is -2.21. The van der Waals surface area contributed by atoms with E-state index in [1.54, 1.807) is 7.11 Å². The van der Waals surface area contributed by atoms with Crippen LogP contribution in [0.15, 0.2) is 12.1 Å². The van der Waals surface area contributed by atoms with Gasteiger partial charge in [0.2, 0.25) is 0 Å². The molecule has 0 saturated heterocycles. The monoisotopic (exact) mass is 248 g/mol. The molecule has 1 heteroatoms. The van der Waals surface area contributed by atoms with Crippen LogP contribution in [-0.2, 0) is 10.8 Å². The highest BCUT2D eigenvalue weighted by molar-refractivity contribution is 5.50. The number of methoxy groups -OCH3 is 1. The third-order valence-corrected chi connectivity index (χ3v) is 3.86. The SMILES string of the molecule is CCC(C)(C)c1cc(C)cc(C(C)(C)C)c1OC. The summed E-state index contributed by atoms with van der Waals surface area (Å²) in [4.78, 5) is 0. The quantitative estimate of drug-likeness (QED) is 0.732. The Kier molecular flexibility index (Phi) is 4.15. The number of hydrogen-bond acceptors (Lipinski definition) is 1. The van der Waals surface area contributed by atoms with E-state index in [2.05, 4.69) is 60.6 Å². The van der Waals surface area contributed by atoms with Gasteiger partial charge in [0.25, 0.3) is 0 Å². The zero-order valence-electron chi connectivity index (χ0n) is 13.3. The van der Waals surface area contributed by atoms with Crippen LogP contribution >= 0.6 is 0 Å². The second-order valence-corrected chi connectivity index (χ2v) is 6.88. The van der Waals surface area contributed by atoms with E-state index in [0.29, 0.717) is 0 Å². The van der Waals surface area contributed by atoms with Gasteiger partial charge in [0, 0.05) is 11.1 Å². The maximum absolute atomic E-state index is 5.75. The Morgan fingerprint density at radius 3 is 1.89 bits per heavy atom. The maximum Gasteiger partial charge on any atom is 0.126 e. The predicted octanol–water partition coefficient (Wildman–Crippen LogP) is 4.99. The van der Waals surface area contributed by atoms with E-state index < -0.39 is 0 Å². The first kappa shape index (κ1) is 15.1. The Labute approximate surface area is 113 Å². The Balaban J connectivity index is 3.58. The van der Waals surface area contributed by atoms with Gasteiger partial charge in [-0.25, -0.2) is 0 Å². The third kappa shape index (κ3) is 2.88. The molecule has 1 aromatic carbocycles.